The van der Waals surface area contributed by atoms with Gasteiger partial charge in [-0.2, -0.15) is 0 Å². The number of benzene rings is 2. The minimum Gasteiger partial charge on any atom is -0.385 e. The molecule has 1 unspecified atom stereocenters. The van der Waals surface area contributed by atoms with Gasteiger partial charge in [-0.05, 0) is 37.1 Å². The lowest BCUT2D eigenvalue weighted by molar-refractivity contribution is -0.892. The zero-order valence-electron chi connectivity index (χ0n) is 23.7. The second-order valence-electron chi connectivity index (χ2n) is 10.7. The number of nitrogens with zero attached hydrogens (tertiary/aromatic N) is 5. The second kappa shape index (κ2) is 16.2. The van der Waals surface area contributed by atoms with E-state index >= 15 is 0 Å². The van der Waals surface area contributed by atoms with Crippen molar-refractivity contribution in [3.8, 4) is 0 Å². The number of nitro groups is 2. The van der Waals surface area contributed by atoms with E-state index in [0.29, 0.717) is 0 Å². The SMILES string of the molecule is O=[N+]([O-])c1ccc(NCCCN2CCN(CCOCC[NH+]3CCN(CCCNc4ccc([N+](=O)[O-])cc4)C3)C2)cc1. The van der Waals surface area contributed by atoms with E-state index in [9.17, 15) is 20.2 Å². The van der Waals surface area contributed by atoms with Gasteiger partial charge in [-0.15, -0.1) is 0 Å². The lowest BCUT2D eigenvalue weighted by atomic mass is 10.3. The van der Waals surface area contributed by atoms with E-state index in [2.05, 4.69) is 25.3 Å². The number of hydrogen-bond donors (Lipinski definition) is 3. The number of nitro benzene ring substituents is 2. The van der Waals surface area contributed by atoms with Gasteiger partial charge in [-0.25, -0.2) is 0 Å². The van der Waals surface area contributed by atoms with Crippen LogP contribution < -0.4 is 15.5 Å². The summed E-state index contributed by atoms with van der Waals surface area (Å²) < 4.78 is 5.97. The third-order valence-corrected chi connectivity index (χ3v) is 7.63. The summed E-state index contributed by atoms with van der Waals surface area (Å²) in [7, 11) is 0. The Kier molecular flexibility index (Phi) is 12.1. The molecule has 2 fully saturated rings. The van der Waals surface area contributed by atoms with E-state index in [4.69, 9.17) is 4.74 Å². The number of hydrogen-bond acceptors (Lipinski definition) is 10. The lowest BCUT2D eigenvalue weighted by Gasteiger charge is -2.19. The fourth-order valence-electron chi connectivity index (χ4n) is 5.24. The van der Waals surface area contributed by atoms with Crippen molar-refractivity contribution >= 4 is 22.7 Å². The van der Waals surface area contributed by atoms with Gasteiger partial charge in [-0.1, -0.05) is 0 Å². The Hall–Kier alpha value is -3.36. The number of rotatable bonds is 18. The standard InChI is InChI=1S/C28H42N8O5/c37-35(38)27-7-3-25(4-8-27)29-11-1-13-31-15-17-33(23-31)19-21-41-22-20-34-18-16-32(24-34)14-2-12-30-26-5-9-28(10-6-26)36(39)40/h3-10,29-30H,1-2,11-24H2/p+1. The van der Waals surface area contributed by atoms with Crippen molar-refractivity contribution in [1.82, 2.24) is 14.7 Å². The van der Waals surface area contributed by atoms with Crippen LogP contribution in [0.3, 0.4) is 0 Å². The van der Waals surface area contributed by atoms with Gasteiger partial charge in [0, 0.05) is 81.5 Å². The Morgan fingerprint density at radius 1 is 0.732 bits per heavy atom. The summed E-state index contributed by atoms with van der Waals surface area (Å²) in [5.74, 6) is 0. The molecular weight excluding hydrogens is 528 g/mol. The van der Waals surface area contributed by atoms with Crippen LogP contribution in [0, 0.1) is 20.2 Å². The Balaban J connectivity index is 0.962. The zero-order chi connectivity index (χ0) is 28.9. The van der Waals surface area contributed by atoms with Crippen molar-refractivity contribution in [2.24, 2.45) is 0 Å². The molecule has 0 bridgehead atoms. The molecule has 13 nitrogen and oxygen atoms in total. The van der Waals surface area contributed by atoms with Crippen molar-refractivity contribution in [3.05, 3.63) is 68.8 Å². The largest absolute Gasteiger partial charge is 0.385 e. The fourth-order valence-corrected chi connectivity index (χ4v) is 5.24. The van der Waals surface area contributed by atoms with Crippen LogP contribution in [-0.4, -0.2) is 117 Å². The number of non-ortho nitro benzene ring substituents is 2. The summed E-state index contributed by atoms with van der Waals surface area (Å²) in [6.45, 7) is 13.8. The van der Waals surface area contributed by atoms with Gasteiger partial charge in [0.25, 0.3) is 11.4 Å². The van der Waals surface area contributed by atoms with E-state index < -0.39 is 0 Å². The first-order valence-corrected chi connectivity index (χ1v) is 14.5. The maximum absolute atomic E-state index is 10.8. The molecule has 2 aromatic rings. The first kappa shape index (κ1) is 30.6. The summed E-state index contributed by atoms with van der Waals surface area (Å²) >= 11 is 0. The molecule has 0 amide bonds. The van der Waals surface area contributed by atoms with Gasteiger partial charge in [0.05, 0.1) is 42.8 Å². The maximum Gasteiger partial charge on any atom is 0.269 e. The Morgan fingerprint density at radius 2 is 1.27 bits per heavy atom. The average Bonchev–Trinajstić information content (AvgIpc) is 3.63. The molecule has 2 aliphatic heterocycles. The number of quaternary nitrogens is 1. The van der Waals surface area contributed by atoms with Crippen molar-refractivity contribution in [3.63, 3.8) is 0 Å². The third-order valence-electron chi connectivity index (χ3n) is 7.63. The first-order chi connectivity index (χ1) is 20.0. The number of anilines is 2. The molecule has 2 aliphatic rings. The van der Waals surface area contributed by atoms with E-state index in [1.54, 1.807) is 29.2 Å². The quantitative estimate of drug-likeness (QED) is 0.138. The molecule has 0 aromatic heterocycles. The smallest absolute Gasteiger partial charge is 0.269 e. The normalized spacial score (nSPS) is 18.1. The van der Waals surface area contributed by atoms with Gasteiger partial charge in [0.2, 0.25) is 0 Å². The van der Waals surface area contributed by atoms with Crippen LogP contribution in [0.4, 0.5) is 22.7 Å². The summed E-state index contributed by atoms with van der Waals surface area (Å²) in [4.78, 5) is 29.7. The van der Waals surface area contributed by atoms with Gasteiger partial charge >= 0.3 is 0 Å². The first-order valence-electron chi connectivity index (χ1n) is 14.5. The van der Waals surface area contributed by atoms with Crippen LogP contribution in [0.15, 0.2) is 48.5 Å². The third kappa shape index (κ3) is 10.5. The summed E-state index contributed by atoms with van der Waals surface area (Å²) in [5.41, 5.74) is 2.05. The summed E-state index contributed by atoms with van der Waals surface area (Å²) in [6, 6.07) is 13.1. The predicted molar refractivity (Wildman–Crippen MR) is 158 cm³/mol. The van der Waals surface area contributed by atoms with Gasteiger partial charge < -0.3 is 20.3 Å². The molecule has 2 aromatic carbocycles. The fraction of sp³-hybridized carbons (Fsp3) is 0.571. The molecule has 3 N–H and O–H groups in total. The average molecular weight is 572 g/mol. The molecule has 2 heterocycles. The minimum absolute atomic E-state index is 0.112. The van der Waals surface area contributed by atoms with Crippen molar-refractivity contribution in [2.45, 2.75) is 12.8 Å². The minimum atomic E-state index is -0.382. The van der Waals surface area contributed by atoms with E-state index in [-0.39, 0.29) is 21.2 Å². The molecule has 224 valence electrons. The molecule has 2 saturated heterocycles. The van der Waals surface area contributed by atoms with Gasteiger partial charge in [-0.3, -0.25) is 34.9 Å². The molecule has 13 heteroatoms. The van der Waals surface area contributed by atoms with Crippen LogP contribution in [0.1, 0.15) is 12.8 Å². The Labute approximate surface area is 241 Å². The van der Waals surface area contributed by atoms with Crippen molar-refractivity contribution in [1.29, 1.82) is 0 Å². The molecular formula is C28H43N8O5+. The van der Waals surface area contributed by atoms with Crippen LogP contribution in [0.25, 0.3) is 0 Å². The lowest BCUT2D eigenvalue weighted by Crippen LogP contribution is -3.11. The van der Waals surface area contributed by atoms with Crippen LogP contribution in [-0.2, 0) is 4.74 Å². The maximum atomic E-state index is 10.8. The zero-order valence-corrected chi connectivity index (χ0v) is 23.7. The molecule has 4 rings (SSSR count). The highest BCUT2D eigenvalue weighted by atomic mass is 16.6. The van der Waals surface area contributed by atoms with Crippen LogP contribution in [0.2, 0.25) is 0 Å². The van der Waals surface area contributed by atoms with Crippen LogP contribution >= 0.6 is 0 Å². The highest BCUT2D eigenvalue weighted by Crippen LogP contribution is 2.16. The van der Waals surface area contributed by atoms with Gasteiger partial charge in [0.1, 0.15) is 13.2 Å². The highest BCUT2D eigenvalue weighted by molar-refractivity contribution is 5.49. The van der Waals surface area contributed by atoms with E-state index in [1.807, 2.05) is 0 Å². The van der Waals surface area contributed by atoms with E-state index in [1.165, 1.54) is 24.3 Å². The number of ether oxygens (including phenoxy) is 1. The Bertz CT molecular complexity index is 1000. The monoisotopic (exact) mass is 571 g/mol. The molecule has 0 aliphatic carbocycles. The molecule has 0 saturated carbocycles. The van der Waals surface area contributed by atoms with Gasteiger partial charge in [0.15, 0.2) is 0 Å². The van der Waals surface area contributed by atoms with Crippen molar-refractivity contribution < 1.29 is 19.5 Å². The topological polar surface area (TPSA) is 134 Å². The van der Waals surface area contributed by atoms with E-state index in [0.717, 1.165) is 116 Å². The van der Waals surface area contributed by atoms with Crippen LogP contribution in [0.5, 0.6) is 0 Å². The number of nitrogens with one attached hydrogen (secondary N) is 3. The molecule has 1 atom stereocenters. The second-order valence-corrected chi connectivity index (χ2v) is 10.7. The Morgan fingerprint density at radius 3 is 1.83 bits per heavy atom. The highest BCUT2D eigenvalue weighted by Gasteiger charge is 2.23. The summed E-state index contributed by atoms with van der Waals surface area (Å²) in [6.07, 6.45) is 2.05. The molecule has 41 heavy (non-hydrogen) atoms. The molecule has 0 radical (unpaired) electrons. The summed E-state index contributed by atoms with van der Waals surface area (Å²) in [5, 5.41) is 28.2. The van der Waals surface area contributed by atoms with Crippen molar-refractivity contribution in [2.75, 3.05) is 103 Å². The predicted octanol–water partition coefficient (Wildman–Crippen LogP) is 1.56. The molecule has 0 spiro atoms.